The lowest BCUT2D eigenvalue weighted by Crippen LogP contribution is -2.15. The van der Waals surface area contributed by atoms with E-state index in [2.05, 4.69) is 0 Å². The Bertz CT molecular complexity index is 955. The van der Waals surface area contributed by atoms with Gasteiger partial charge in [0.05, 0.1) is 12.7 Å². The van der Waals surface area contributed by atoms with Crippen molar-refractivity contribution in [2.75, 3.05) is 6.61 Å². The maximum Gasteiger partial charge on any atom is 0.306 e. The standard InChI is InChI=1S/C22H22FNO4/c1-15-12-20(16(2)24(15)13-17-5-7-18(23)8-6-17)21(25)14-28-22(26)10-9-19-4-3-11-27-19/h3-8,11-12H,9-10,13-14H2,1-2H3. The first-order valence-corrected chi connectivity index (χ1v) is 9.06. The number of ether oxygens (including phenoxy) is 1. The van der Waals surface area contributed by atoms with Crippen molar-refractivity contribution in [2.45, 2.75) is 33.2 Å². The summed E-state index contributed by atoms with van der Waals surface area (Å²) in [6.45, 7) is 4.00. The molecule has 2 heterocycles. The quantitative estimate of drug-likeness (QED) is 0.431. The summed E-state index contributed by atoms with van der Waals surface area (Å²) in [4.78, 5) is 24.4. The van der Waals surface area contributed by atoms with Crippen LogP contribution in [-0.4, -0.2) is 22.9 Å². The topological polar surface area (TPSA) is 61.4 Å². The van der Waals surface area contributed by atoms with E-state index in [1.54, 1.807) is 36.6 Å². The molecule has 0 aliphatic rings. The molecule has 0 radical (unpaired) electrons. The van der Waals surface area contributed by atoms with Gasteiger partial charge in [0.15, 0.2) is 6.61 Å². The molecule has 0 unspecified atom stereocenters. The van der Waals surface area contributed by atoms with E-state index in [1.807, 2.05) is 18.4 Å². The Hall–Kier alpha value is -3.15. The third-order valence-electron chi connectivity index (χ3n) is 4.65. The zero-order valence-corrected chi connectivity index (χ0v) is 15.9. The van der Waals surface area contributed by atoms with Gasteiger partial charge in [-0.2, -0.15) is 0 Å². The Labute approximate surface area is 162 Å². The number of rotatable bonds is 8. The van der Waals surface area contributed by atoms with E-state index in [9.17, 15) is 14.0 Å². The minimum atomic E-state index is -0.440. The molecule has 3 aromatic rings. The van der Waals surface area contributed by atoms with E-state index in [-0.39, 0.29) is 24.6 Å². The van der Waals surface area contributed by atoms with E-state index in [4.69, 9.17) is 9.15 Å². The van der Waals surface area contributed by atoms with E-state index in [0.29, 0.717) is 24.3 Å². The number of Topliss-reactive ketones (excluding diaryl/α,β-unsaturated/α-hetero) is 1. The van der Waals surface area contributed by atoms with Gasteiger partial charge in [-0.05, 0) is 49.7 Å². The third kappa shape index (κ3) is 4.76. The Morgan fingerprint density at radius 2 is 1.89 bits per heavy atom. The number of ketones is 1. The summed E-state index contributed by atoms with van der Waals surface area (Å²) in [6.07, 6.45) is 2.14. The van der Waals surface area contributed by atoms with Crippen molar-refractivity contribution in [3.05, 3.63) is 82.8 Å². The van der Waals surface area contributed by atoms with Gasteiger partial charge in [-0.1, -0.05) is 12.1 Å². The monoisotopic (exact) mass is 383 g/mol. The van der Waals surface area contributed by atoms with E-state index < -0.39 is 5.97 Å². The van der Waals surface area contributed by atoms with Gasteiger partial charge in [0.25, 0.3) is 0 Å². The molecule has 0 aliphatic carbocycles. The minimum Gasteiger partial charge on any atom is -0.469 e. The first-order chi connectivity index (χ1) is 13.4. The Morgan fingerprint density at radius 3 is 2.57 bits per heavy atom. The number of carbonyl (C=O) groups is 2. The van der Waals surface area contributed by atoms with Crippen molar-refractivity contribution in [1.29, 1.82) is 0 Å². The highest BCUT2D eigenvalue weighted by Crippen LogP contribution is 2.18. The van der Waals surface area contributed by atoms with Gasteiger partial charge in [-0.15, -0.1) is 0 Å². The molecule has 0 aliphatic heterocycles. The molecule has 6 heteroatoms. The minimum absolute atomic E-state index is 0.157. The second kappa shape index (κ2) is 8.69. The SMILES string of the molecule is Cc1cc(C(=O)COC(=O)CCc2ccco2)c(C)n1Cc1ccc(F)cc1. The van der Waals surface area contributed by atoms with Crippen LogP contribution >= 0.6 is 0 Å². The van der Waals surface area contributed by atoms with E-state index >= 15 is 0 Å². The van der Waals surface area contributed by atoms with E-state index in [1.165, 1.54) is 12.1 Å². The molecular formula is C22H22FNO4. The van der Waals surface area contributed by atoms with Gasteiger partial charge in [-0.3, -0.25) is 9.59 Å². The van der Waals surface area contributed by atoms with Crippen molar-refractivity contribution in [1.82, 2.24) is 4.57 Å². The van der Waals surface area contributed by atoms with Gasteiger partial charge in [0.1, 0.15) is 11.6 Å². The number of aryl methyl sites for hydroxylation is 2. The molecule has 28 heavy (non-hydrogen) atoms. The Kier molecular flexibility index (Phi) is 6.09. The van der Waals surface area contributed by atoms with Crippen LogP contribution in [0.2, 0.25) is 0 Å². The molecule has 3 rings (SSSR count). The average molecular weight is 383 g/mol. The summed E-state index contributed by atoms with van der Waals surface area (Å²) in [5.41, 5.74) is 3.16. The molecule has 0 fully saturated rings. The number of carbonyl (C=O) groups excluding carboxylic acids is 2. The molecular weight excluding hydrogens is 361 g/mol. The summed E-state index contributed by atoms with van der Waals surface area (Å²) in [6, 6.07) is 11.6. The van der Waals surface area contributed by atoms with Crippen molar-refractivity contribution in [3.63, 3.8) is 0 Å². The highest BCUT2D eigenvalue weighted by atomic mass is 19.1. The van der Waals surface area contributed by atoms with Crippen LogP contribution in [0, 0.1) is 19.7 Å². The first kappa shape index (κ1) is 19.6. The second-order valence-corrected chi connectivity index (χ2v) is 6.66. The van der Waals surface area contributed by atoms with Crippen LogP contribution < -0.4 is 0 Å². The molecule has 146 valence electrons. The van der Waals surface area contributed by atoms with Gasteiger partial charge in [0.2, 0.25) is 5.78 Å². The van der Waals surface area contributed by atoms with Crippen molar-refractivity contribution in [3.8, 4) is 0 Å². The second-order valence-electron chi connectivity index (χ2n) is 6.66. The van der Waals surface area contributed by atoms with Crippen LogP contribution in [0.25, 0.3) is 0 Å². The zero-order chi connectivity index (χ0) is 20.1. The number of hydrogen-bond acceptors (Lipinski definition) is 4. The van der Waals surface area contributed by atoms with Crippen molar-refractivity contribution >= 4 is 11.8 Å². The summed E-state index contributed by atoms with van der Waals surface area (Å²) in [5, 5.41) is 0. The summed E-state index contributed by atoms with van der Waals surface area (Å²) in [7, 11) is 0. The highest BCUT2D eigenvalue weighted by Gasteiger charge is 2.17. The van der Waals surface area contributed by atoms with Crippen LogP contribution in [-0.2, 0) is 22.5 Å². The van der Waals surface area contributed by atoms with Gasteiger partial charge in [-0.25, -0.2) is 4.39 Å². The average Bonchev–Trinajstić information content (AvgIpc) is 3.29. The van der Waals surface area contributed by atoms with Crippen LogP contribution in [0.15, 0.2) is 53.1 Å². The lowest BCUT2D eigenvalue weighted by Gasteiger charge is -2.10. The van der Waals surface area contributed by atoms with Crippen LogP contribution in [0.5, 0.6) is 0 Å². The molecule has 0 amide bonds. The fourth-order valence-corrected chi connectivity index (χ4v) is 3.08. The summed E-state index contributed by atoms with van der Waals surface area (Å²) >= 11 is 0. The summed E-state index contributed by atoms with van der Waals surface area (Å²) < 4.78 is 25.3. The summed E-state index contributed by atoms with van der Waals surface area (Å²) in [5.74, 6) is -0.267. The predicted octanol–water partition coefficient (Wildman–Crippen LogP) is 4.24. The molecule has 0 spiro atoms. The van der Waals surface area contributed by atoms with Gasteiger partial charge >= 0.3 is 5.97 Å². The third-order valence-corrected chi connectivity index (χ3v) is 4.65. The maximum atomic E-state index is 13.1. The molecule has 0 saturated heterocycles. The zero-order valence-electron chi connectivity index (χ0n) is 15.9. The number of halogens is 1. The van der Waals surface area contributed by atoms with Crippen LogP contribution in [0.3, 0.4) is 0 Å². The Balaban J connectivity index is 1.59. The lowest BCUT2D eigenvalue weighted by molar-refractivity contribution is -0.142. The number of benzene rings is 1. The van der Waals surface area contributed by atoms with Gasteiger partial charge in [0, 0.05) is 29.9 Å². The maximum absolute atomic E-state index is 13.1. The van der Waals surface area contributed by atoms with Crippen LogP contribution in [0.1, 0.15) is 39.5 Å². The molecule has 1 aromatic carbocycles. The normalized spacial score (nSPS) is 10.8. The molecule has 0 saturated carbocycles. The largest absolute Gasteiger partial charge is 0.469 e. The van der Waals surface area contributed by atoms with Gasteiger partial charge < -0.3 is 13.7 Å². The fraction of sp³-hybridized carbons (Fsp3) is 0.273. The number of esters is 1. The smallest absolute Gasteiger partial charge is 0.306 e. The molecule has 0 N–H and O–H groups in total. The van der Waals surface area contributed by atoms with Crippen molar-refractivity contribution in [2.24, 2.45) is 0 Å². The predicted molar refractivity (Wildman–Crippen MR) is 102 cm³/mol. The number of nitrogens with zero attached hydrogens (tertiary/aromatic N) is 1. The van der Waals surface area contributed by atoms with Crippen molar-refractivity contribution < 1.29 is 23.1 Å². The Morgan fingerprint density at radius 1 is 1.14 bits per heavy atom. The molecule has 2 aromatic heterocycles. The molecule has 0 atom stereocenters. The first-order valence-electron chi connectivity index (χ1n) is 9.06. The fourth-order valence-electron chi connectivity index (χ4n) is 3.08. The molecule has 5 nitrogen and oxygen atoms in total. The number of furan rings is 1. The number of hydrogen-bond donors (Lipinski definition) is 0. The highest BCUT2D eigenvalue weighted by molar-refractivity contribution is 5.99. The number of aromatic nitrogens is 1. The molecule has 0 bridgehead atoms. The lowest BCUT2D eigenvalue weighted by atomic mass is 10.1. The van der Waals surface area contributed by atoms with E-state index in [0.717, 1.165) is 17.0 Å². The van der Waals surface area contributed by atoms with Crippen LogP contribution in [0.4, 0.5) is 4.39 Å².